The highest BCUT2D eigenvalue weighted by atomic mass is 16.5. The molecule has 50 heavy (non-hydrogen) atoms. The van der Waals surface area contributed by atoms with Crippen LogP contribution < -0.4 is 4.74 Å². The molecule has 0 N–H and O–H groups in total. The third kappa shape index (κ3) is 4.30. The molecule has 234 valence electrons. The minimum absolute atomic E-state index is 0.475. The first-order valence-corrected chi connectivity index (χ1v) is 17.0. The number of rotatable bonds is 4. The van der Waals surface area contributed by atoms with Gasteiger partial charge in [0.15, 0.2) is 5.82 Å². The minimum atomic E-state index is -0.475. The summed E-state index contributed by atoms with van der Waals surface area (Å²) in [5, 5.41) is 0. The first kappa shape index (κ1) is 28.4. The zero-order chi connectivity index (χ0) is 33.1. The first-order valence-electron chi connectivity index (χ1n) is 17.0. The molecule has 0 amide bonds. The molecule has 0 unspecified atom stereocenters. The van der Waals surface area contributed by atoms with Crippen LogP contribution in [0.5, 0.6) is 11.5 Å². The van der Waals surface area contributed by atoms with Gasteiger partial charge in [-0.2, -0.15) is 0 Å². The number of ether oxygens (including phenoxy) is 1. The predicted molar refractivity (Wildman–Crippen MR) is 201 cm³/mol. The number of benzene rings is 7. The summed E-state index contributed by atoms with van der Waals surface area (Å²) in [5.41, 5.74) is 14.0. The standard InChI is InChI=1S/C47H30N2O/c1-3-14-31(15-4-1)42-30-43(32-16-5-2-6-17-32)49-46(48-42)35-19-13-18-33(28-35)34-26-27-41-45(29-34)50-44-25-12-11-24-40(44)47(41)38-22-9-7-20-36(38)37-21-8-10-23-39(37)47/h1-30H. The van der Waals surface area contributed by atoms with Crippen molar-refractivity contribution in [3.05, 3.63) is 204 Å². The molecule has 0 bridgehead atoms. The number of fused-ring (bicyclic) bond motifs is 9. The van der Waals surface area contributed by atoms with Gasteiger partial charge in [0, 0.05) is 27.8 Å². The van der Waals surface area contributed by atoms with Crippen LogP contribution in [0.25, 0.3) is 56.2 Å². The lowest BCUT2D eigenvalue weighted by Gasteiger charge is -2.39. The van der Waals surface area contributed by atoms with Crippen molar-refractivity contribution in [3.8, 4) is 67.7 Å². The van der Waals surface area contributed by atoms with Gasteiger partial charge in [-0.3, -0.25) is 0 Å². The summed E-state index contributed by atoms with van der Waals surface area (Å²) in [6.07, 6.45) is 0. The van der Waals surface area contributed by atoms with E-state index in [4.69, 9.17) is 14.7 Å². The van der Waals surface area contributed by atoms with Crippen molar-refractivity contribution in [3.63, 3.8) is 0 Å². The van der Waals surface area contributed by atoms with E-state index in [1.807, 2.05) is 36.4 Å². The molecule has 2 heterocycles. The molecule has 2 aliphatic rings. The van der Waals surface area contributed by atoms with E-state index in [2.05, 4.69) is 146 Å². The maximum atomic E-state index is 6.78. The van der Waals surface area contributed by atoms with E-state index in [0.717, 1.165) is 56.3 Å². The van der Waals surface area contributed by atoms with Gasteiger partial charge in [0.05, 0.1) is 16.8 Å². The molecule has 7 aromatic carbocycles. The number of para-hydroxylation sites is 1. The highest BCUT2D eigenvalue weighted by Crippen LogP contribution is 2.62. The summed E-state index contributed by atoms with van der Waals surface area (Å²) >= 11 is 0. The molecular formula is C47H30N2O. The van der Waals surface area contributed by atoms with Gasteiger partial charge in [-0.25, -0.2) is 9.97 Å². The van der Waals surface area contributed by atoms with Gasteiger partial charge < -0.3 is 4.74 Å². The SMILES string of the molecule is c1ccc(-c2cc(-c3ccccc3)nc(-c3cccc(-c4ccc5c(c4)Oc4ccccc4C54c5ccccc5-c5ccccc54)c3)n2)cc1. The molecule has 0 radical (unpaired) electrons. The Kier molecular flexibility index (Phi) is 6.40. The molecule has 1 spiro atoms. The number of hydrogen-bond donors (Lipinski definition) is 0. The second-order valence-corrected chi connectivity index (χ2v) is 12.9. The summed E-state index contributed by atoms with van der Waals surface area (Å²) in [7, 11) is 0. The van der Waals surface area contributed by atoms with Crippen LogP contribution in [0.1, 0.15) is 22.3 Å². The van der Waals surface area contributed by atoms with E-state index in [0.29, 0.717) is 5.82 Å². The maximum absolute atomic E-state index is 6.78. The van der Waals surface area contributed by atoms with E-state index < -0.39 is 5.41 Å². The Labute approximate surface area is 291 Å². The zero-order valence-corrected chi connectivity index (χ0v) is 27.1. The topological polar surface area (TPSA) is 35.0 Å². The Morgan fingerprint density at radius 3 is 1.50 bits per heavy atom. The molecule has 1 aromatic heterocycles. The van der Waals surface area contributed by atoms with Crippen molar-refractivity contribution >= 4 is 0 Å². The lowest BCUT2D eigenvalue weighted by atomic mass is 9.66. The fourth-order valence-corrected chi connectivity index (χ4v) is 7.97. The van der Waals surface area contributed by atoms with Crippen LogP contribution in [-0.2, 0) is 5.41 Å². The molecule has 0 saturated carbocycles. The quantitative estimate of drug-likeness (QED) is 0.192. The molecule has 1 aliphatic heterocycles. The van der Waals surface area contributed by atoms with Crippen LogP contribution in [0.15, 0.2) is 182 Å². The van der Waals surface area contributed by atoms with Crippen LogP contribution in [-0.4, -0.2) is 9.97 Å². The summed E-state index contributed by atoms with van der Waals surface area (Å²) in [6, 6.07) is 64.1. The molecule has 0 atom stereocenters. The number of nitrogens with zero attached hydrogens (tertiary/aromatic N) is 2. The molecule has 1 aliphatic carbocycles. The fraction of sp³-hybridized carbons (Fsp3) is 0.0213. The van der Waals surface area contributed by atoms with Crippen LogP contribution in [0.4, 0.5) is 0 Å². The second-order valence-electron chi connectivity index (χ2n) is 12.9. The van der Waals surface area contributed by atoms with Gasteiger partial charge >= 0.3 is 0 Å². The molecule has 3 heteroatoms. The highest BCUT2D eigenvalue weighted by Gasteiger charge is 2.50. The molecule has 0 saturated heterocycles. The lowest BCUT2D eigenvalue weighted by Crippen LogP contribution is -2.32. The van der Waals surface area contributed by atoms with Gasteiger partial charge in [-0.15, -0.1) is 0 Å². The largest absolute Gasteiger partial charge is 0.457 e. The smallest absolute Gasteiger partial charge is 0.160 e. The molecule has 8 aromatic rings. The van der Waals surface area contributed by atoms with Gasteiger partial charge in [0.25, 0.3) is 0 Å². The van der Waals surface area contributed by atoms with Crippen molar-refractivity contribution in [2.45, 2.75) is 5.41 Å². The van der Waals surface area contributed by atoms with Crippen LogP contribution >= 0.6 is 0 Å². The van der Waals surface area contributed by atoms with Gasteiger partial charge in [-0.1, -0.05) is 158 Å². The van der Waals surface area contributed by atoms with Crippen molar-refractivity contribution in [2.24, 2.45) is 0 Å². The van der Waals surface area contributed by atoms with E-state index in [1.54, 1.807) is 0 Å². The highest BCUT2D eigenvalue weighted by molar-refractivity contribution is 5.89. The fourth-order valence-electron chi connectivity index (χ4n) is 7.97. The van der Waals surface area contributed by atoms with Crippen molar-refractivity contribution < 1.29 is 4.74 Å². The molecule has 10 rings (SSSR count). The van der Waals surface area contributed by atoms with Crippen LogP contribution in [0, 0.1) is 0 Å². The Hall–Kier alpha value is -6.58. The summed E-state index contributed by atoms with van der Waals surface area (Å²) in [5.74, 6) is 2.44. The van der Waals surface area contributed by atoms with Gasteiger partial charge in [0.1, 0.15) is 11.5 Å². The van der Waals surface area contributed by atoms with Crippen molar-refractivity contribution in [1.82, 2.24) is 9.97 Å². The van der Waals surface area contributed by atoms with Crippen LogP contribution in [0.2, 0.25) is 0 Å². The average molecular weight is 639 g/mol. The number of hydrogen-bond acceptors (Lipinski definition) is 3. The third-order valence-electron chi connectivity index (χ3n) is 10.2. The average Bonchev–Trinajstić information content (AvgIpc) is 3.49. The molecular weight excluding hydrogens is 609 g/mol. The van der Waals surface area contributed by atoms with Crippen LogP contribution in [0.3, 0.4) is 0 Å². The van der Waals surface area contributed by atoms with Gasteiger partial charge in [-0.05, 0) is 57.6 Å². The summed E-state index contributed by atoms with van der Waals surface area (Å²) in [6.45, 7) is 0. The third-order valence-corrected chi connectivity index (χ3v) is 10.2. The van der Waals surface area contributed by atoms with Gasteiger partial charge in [0.2, 0.25) is 0 Å². The minimum Gasteiger partial charge on any atom is -0.457 e. The zero-order valence-electron chi connectivity index (χ0n) is 27.1. The second kappa shape index (κ2) is 11.3. The Morgan fingerprint density at radius 2 is 0.840 bits per heavy atom. The van der Waals surface area contributed by atoms with E-state index in [1.165, 1.54) is 27.8 Å². The summed E-state index contributed by atoms with van der Waals surface area (Å²) in [4.78, 5) is 10.2. The Balaban J connectivity index is 1.12. The normalized spacial score (nSPS) is 13.1. The van der Waals surface area contributed by atoms with E-state index in [-0.39, 0.29) is 0 Å². The first-order chi connectivity index (χ1) is 24.8. The molecule has 3 nitrogen and oxygen atoms in total. The van der Waals surface area contributed by atoms with Crippen molar-refractivity contribution in [2.75, 3.05) is 0 Å². The lowest BCUT2D eigenvalue weighted by molar-refractivity contribution is 0.436. The Bertz CT molecular complexity index is 2470. The van der Waals surface area contributed by atoms with Crippen molar-refractivity contribution in [1.29, 1.82) is 0 Å². The van der Waals surface area contributed by atoms with E-state index in [9.17, 15) is 0 Å². The number of aromatic nitrogens is 2. The Morgan fingerprint density at radius 1 is 0.340 bits per heavy atom. The molecule has 0 fully saturated rings. The van der Waals surface area contributed by atoms with E-state index >= 15 is 0 Å². The monoisotopic (exact) mass is 638 g/mol. The maximum Gasteiger partial charge on any atom is 0.160 e. The summed E-state index contributed by atoms with van der Waals surface area (Å²) < 4.78 is 6.78. The predicted octanol–water partition coefficient (Wildman–Crippen LogP) is 11.6.